The van der Waals surface area contributed by atoms with Crippen LogP contribution in [-0.4, -0.2) is 30.2 Å². The predicted molar refractivity (Wildman–Crippen MR) is 94.8 cm³/mol. The largest absolute Gasteiger partial charge is 0.496 e. The molecule has 8 heteroatoms. The Morgan fingerprint density at radius 1 is 1.26 bits per heavy atom. The van der Waals surface area contributed by atoms with Crippen LogP contribution in [0.2, 0.25) is 0 Å². The molecule has 1 amide bonds. The van der Waals surface area contributed by atoms with Gasteiger partial charge in [0.05, 0.1) is 7.11 Å². The van der Waals surface area contributed by atoms with E-state index in [0.29, 0.717) is 29.7 Å². The van der Waals surface area contributed by atoms with Crippen molar-refractivity contribution in [3.63, 3.8) is 0 Å². The first-order valence-corrected chi connectivity index (χ1v) is 8.46. The Morgan fingerprint density at radius 2 is 1.96 bits per heavy atom. The Bertz CT molecular complexity index is 811. The van der Waals surface area contributed by atoms with Crippen molar-refractivity contribution in [2.24, 2.45) is 0 Å². The van der Waals surface area contributed by atoms with Gasteiger partial charge < -0.3 is 14.2 Å². The third-order valence-corrected chi connectivity index (χ3v) is 4.40. The molecule has 0 saturated carbocycles. The molecule has 0 unspecified atom stereocenters. The van der Waals surface area contributed by atoms with Crippen LogP contribution in [0.15, 0.2) is 11.6 Å². The van der Waals surface area contributed by atoms with Gasteiger partial charge in [0, 0.05) is 24.5 Å². The summed E-state index contributed by atoms with van der Waals surface area (Å²) in [7, 11) is 1.51. The van der Waals surface area contributed by atoms with Gasteiger partial charge >= 0.3 is 11.9 Å². The summed E-state index contributed by atoms with van der Waals surface area (Å²) < 4.78 is 16.0. The molecule has 0 radical (unpaired) electrons. The Kier molecular flexibility index (Phi) is 6.57. The number of hydrogen-bond donors (Lipinski definition) is 2. The lowest BCUT2D eigenvalue weighted by molar-refractivity contribution is -0.132. The van der Waals surface area contributed by atoms with Crippen LogP contribution in [0.3, 0.4) is 0 Å². The van der Waals surface area contributed by atoms with Crippen LogP contribution in [0.4, 0.5) is 0 Å². The molecule has 1 heterocycles. The van der Waals surface area contributed by atoms with Crippen LogP contribution >= 0.6 is 0 Å². The van der Waals surface area contributed by atoms with Gasteiger partial charge in [-0.05, 0) is 32.3 Å². The number of hydrogen-bond acceptors (Lipinski definition) is 7. The maximum Gasteiger partial charge on any atom is 0.342 e. The first kappa shape index (κ1) is 20.4. The minimum absolute atomic E-state index is 0.107. The second-order valence-electron chi connectivity index (χ2n) is 6.28. The molecule has 2 rings (SSSR count). The van der Waals surface area contributed by atoms with E-state index in [9.17, 15) is 14.4 Å². The van der Waals surface area contributed by atoms with Crippen molar-refractivity contribution in [1.29, 1.82) is 0 Å². The molecule has 1 aliphatic heterocycles. The van der Waals surface area contributed by atoms with E-state index in [0.717, 1.165) is 11.1 Å². The molecule has 8 nitrogen and oxygen atoms in total. The summed E-state index contributed by atoms with van der Waals surface area (Å²) in [5.74, 6) is -0.880. The second-order valence-corrected chi connectivity index (χ2v) is 6.28. The normalized spacial score (nSPS) is 13.1. The van der Waals surface area contributed by atoms with E-state index in [1.165, 1.54) is 14.0 Å². The lowest BCUT2D eigenvalue weighted by Crippen LogP contribution is -2.17. The standard InChI is InChI=1S/C19H23NO7/c1-10(6-8-15(22)20-24)5-7-13-17(25-4)11(2)14-9-26-19(23)16(14)18(13)27-12(3)21/h5,24H,6-9H2,1-4H3,(H,20,22)/b10-5+. The van der Waals surface area contributed by atoms with E-state index in [-0.39, 0.29) is 24.3 Å². The molecule has 0 bridgehead atoms. The molecule has 1 aromatic carbocycles. The lowest BCUT2D eigenvalue weighted by Gasteiger charge is -2.18. The van der Waals surface area contributed by atoms with Crippen LogP contribution < -0.4 is 15.0 Å². The van der Waals surface area contributed by atoms with Gasteiger partial charge in [0.25, 0.3) is 0 Å². The number of ether oxygens (including phenoxy) is 3. The number of esters is 2. The van der Waals surface area contributed by atoms with Crippen LogP contribution in [-0.2, 0) is 27.4 Å². The Balaban J connectivity index is 2.46. The van der Waals surface area contributed by atoms with E-state index >= 15 is 0 Å². The molecule has 0 saturated heterocycles. The van der Waals surface area contributed by atoms with Gasteiger partial charge in [0.1, 0.15) is 17.9 Å². The molecular weight excluding hydrogens is 354 g/mol. The summed E-state index contributed by atoms with van der Waals surface area (Å²) in [6.07, 6.45) is 2.78. The van der Waals surface area contributed by atoms with Crippen molar-refractivity contribution >= 4 is 17.8 Å². The third-order valence-electron chi connectivity index (χ3n) is 4.40. The number of hydroxylamine groups is 1. The Morgan fingerprint density at radius 3 is 2.56 bits per heavy atom. The molecule has 0 atom stereocenters. The topological polar surface area (TPSA) is 111 Å². The van der Waals surface area contributed by atoms with Gasteiger partial charge in [-0.15, -0.1) is 0 Å². The third kappa shape index (κ3) is 4.46. The molecule has 27 heavy (non-hydrogen) atoms. The smallest absolute Gasteiger partial charge is 0.342 e. The van der Waals surface area contributed by atoms with E-state index in [1.807, 2.05) is 19.9 Å². The first-order chi connectivity index (χ1) is 12.8. The second kappa shape index (κ2) is 8.68. The average Bonchev–Trinajstić information content (AvgIpc) is 3.02. The van der Waals surface area contributed by atoms with Crippen molar-refractivity contribution in [2.75, 3.05) is 7.11 Å². The summed E-state index contributed by atoms with van der Waals surface area (Å²) in [4.78, 5) is 34.9. The van der Waals surface area contributed by atoms with E-state index in [2.05, 4.69) is 0 Å². The molecule has 1 aliphatic rings. The number of carbonyl (C=O) groups is 3. The zero-order chi connectivity index (χ0) is 20.1. The number of allylic oxidation sites excluding steroid dienone is 2. The molecule has 0 aliphatic carbocycles. The van der Waals surface area contributed by atoms with Crippen LogP contribution in [0, 0.1) is 6.92 Å². The molecule has 2 N–H and O–H groups in total. The summed E-state index contributed by atoms with van der Waals surface area (Å²) in [6.45, 7) is 5.04. The minimum Gasteiger partial charge on any atom is -0.496 e. The lowest BCUT2D eigenvalue weighted by atomic mass is 9.94. The number of benzene rings is 1. The van der Waals surface area contributed by atoms with Crippen LogP contribution in [0.1, 0.15) is 53.7 Å². The maximum absolute atomic E-state index is 12.2. The monoisotopic (exact) mass is 377 g/mol. The number of methoxy groups -OCH3 is 1. The first-order valence-electron chi connectivity index (χ1n) is 8.46. The minimum atomic E-state index is -0.552. The summed E-state index contributed by atoms with van der Waals surface area (Å²) in [5.41, 5.74) is 4.71. The predicted octanol–water partition coefficient (Wildman–Crippen LogP) is 2.37. The van der Waals surface area contributed by atoms with Gasteiger partial charge in [-0.3, -0.25) is 14.8 Å². The van der Waals surface area contributed by atoms with Gasteiger partial charge in [-0.1, -0.05) is 11.6 Å². The van der Waals surface area contributed by atoms with Crippen LogP contribution in [0.5, 0.6) is 11.5 Å². The molecule has 0 aromatic heterocycles. The Hall–Kier alpha value is -2.87. The molecule has 146 valence electrons. The SMILES string of the molecule is COc1c(C)c2c(c(OC(C)=O)c1C/C=C(\C)CCC(=O)NO)C(=O)OC2. The average molecular weight is 377 g/mol. The van der Waals surface area contributed by atoms with Crippen molar-refractivity contribution in [3.05, 3.63) is 33.9 Å². The molecule has 0 fully saturated rings. The molecular formula is C19H23NO7. The van der Waals surface area contributed by atoms with Gasteiger partial charge in [0.2, 0.25) is 5.91 Å². The summed E-state index contributed by atoms with van der Waals surface area (Å²) in [6, 6.07) is 0. The fraction of sp³-hybridized carbons (Fsp3) is 0.421. The maximum atomic E-state index is 12.2. The number of fused-ring (bicyclic) bond motifs is 1. The molecule has 1 aromatic rings. The Labute approximate surface area is 157 Å². The highest BCUT2D eigenvalue weighted by atomic mass is 16.6. The number of carbonyl (C=O) groups excluding carboxylic acids is 3. The number of nitrogens with one attached hydrogen (secondary N) is 1. The number of rotatable bonds is 7. The van der Waals surface area contributed by atoms with E-state index in [4.69, 9.17) is 19.4 Å². The fourth-order valence-corrected chi connectivity index (χ4v) is 3.01. The van der Waals surface area contributed by atoms with Gasteiger partial charge in [0.15, 0.2) is 5.75 Å². The van der Waals surface area contributed by atoms with Crippen molar-refractivity contribution in [1.82, 2.24) is 5.48 Å². The van der Waals surface area contributed by atoms with E-state index < -0.39 is 17.8 Å². The highest BCUT2D eigenvalue weighted by Gasteiger charge is 2.33. The van der Waals surface area contributed by atoms with Crippen molar-refractivity contribution in [2.45, 2.75) is 46.6 Å². The van der Waals surface area contributed by atoms with E-state index in [1.54, 1.807) is 5.48 Å². The zero-order valence-electron chi connectivity index (χ0n) is 15.8. The summed E-state index contributed by atoms with van der Waals surface area (Å²) in [5, 5.41) is 8.56. The summed E-state index contributed by atoms with van der Waals surface area (Å²) >= 11 is 0. The quantitative estimate of drug-likeness (QED) is 0.247. The van der Waals surface area contributed by atoms with Crippen LogP contribution in [0.25, 0.3) is 0 Å². The van der Waals surface area contributed by atoms with Crippen molar-refractivity contribution in [3.8, 4) is 11.5 Å². The number of cyclic esters (lactones) is 1. The highest BCUT2D eigenvalue weighted by Crippen LogP contribution is 2.42. The zero-order valence-corrected chi connectivity index (χ0v) is 15.8. The van der Waals surface area contributed by atoms with Gasteiger partial charge in [-0.25, -0.2) is 10.3 Å². The highest BCUT2D eigenvalue weighted by molar-refractivity contribution is 5.99. The fourth-order valence-electron chi connectivity index (χ4n) is 3.01. The number of amides is 1. The van der Waals surface area contributed by atoms with Gasteiger partial charge in [-0.2, -0.15) is 0 Å². The van der Waals surface area contributed by atoms with Crippen molar-refractivity contribution < 1.29 is 33.8 Å². The molecule has 0 spiro atoms.